The number of hydrogen-bond acceptors (Lipinski definition) is 3. The summed E-state index contributed by atoms with van der Waals surface area (Å²) < 4.78 is 5.38. The molecule has 0 aliphatic rings. The van der Waals surface area contributed by atoms with Crippen molar-refractivity contribution >= 4 is 5.91 Å². The molecule has 0 saturated heterocycles. The Labute approximate surface area is 137 Å². The van der Waals surface area contributed by atoms with Gasteiger partial charge in [0.05, 0.1) is 18.8 Å². The van der Waals surface area contributed by atoms with Crippen molar-refractivity contribution in [1.29, 1.82) is 0 Å². The third kappa shape index (κ3) is 4.11. The van der Waals surface area contributed by atoms with Gasteiger partial charge in [-0.2, -0.15) is 0 Å². The van der Waals surface area contributed by atoms with Crippen molar-refractivity contribution in [3.63, 3.8) is 0 Å². The molecule has 2 atom stereocenters. The molecule has 0 bridgehead atoms. The van der Waals surface area contributed by atoms with Gasteiger partial charge in [-0.05, 0) is 43.7 Å². The van der Waals surface area contributed by atoms with Gasteiger partial charge in [-0.1, -0.05) is 30.3 Å². The number of aliphatic hydroxyl groups excluding tert-OH is 1. The molecule has 0 fully saturated rings. The summed E-state index contributed by atoms with van der Waals surface area (Å²) in [7, 11) is 1.70. The zero-order chi connectivity index (χ0) is 16.8. The van der Waals surface area contributed by atoms with Crippen LogP contribution < -0.4 is 4.74 Å². The minimum absolute atomic E-state index is 0.129. The predicted octanol–water partition coefficient (Wildman–Crippen LogP) is 3.28. The van der Waals surface area contributed by atoms with Gasteiger partial charge in [0.15, 0.2) is 0 Å². The van der Waals surface area contributed by atoms with Crippen LogP contribution in [0, 0.1) is 0 Å². The van der Waals surface area contributed by atoms with Crippen molar-refractivity contribution in [3.05, 3.63) is 65.7 Å². The molecule has 0 saturated carbocycles. The summed E-state index contributed by atoms with van der Waals surface area (Å²) in [6.45, 7) is 4.34. The maximum Gasteiger partial charge on any atom is 0.253 e. The van der Waals surface area contributed by atoms with Crippen LogP contribution in [0.2, 0.25) is 0 Å². The van der Waals surface area contributed by atoms with Crippen molar-refractivity contribution < 1.29 is 14.6 Å². The van der Waals surface area contributed by atoms with Crippen molar-refractivity contribution in [3.8, 4) is 5.75 Å². The van der Waals surface area contributed by atoms with Gasteiger partial charge >= 0.3 is 0 Å². The lowest BCUT2D eigenvalue weighted by Crippen LogP contribution is -2.39. The van der Waals surface area contributed by atoms with Crippen LogP contribution in [0.5, 0.6) is 5.75 Å². The van der Waals surface area contributed by atoms with E-state index in [1.807, 2.05) is 44.2 Å². The first-order valence-electron chi connectivity index (χ1n) is 7.77. The Morgan fingerprint density at radius 2 is 1.74 bits per heavy atom. The topological polar surface area (TPSA) is 49.8 Å². The lowest BCUT2D eigenvalue weighted by Gasteiger charge is -2.29. The van der Waals surface area contributed by atoms with Gasteiger partial charge in [0, 0.05) is 12.6 Å². The van der Waals surface area contributed by atoms with Gasteiger partial charge in [-0.25, -0.2) is 0 Å². The number of carbonyl (C=O) groups is 1. The molecule has 0 radical (unpaired) electrons. The molecular formula is C19H23NO3. The predicted molar refractivity (Wildman–Crippen MR) is 90.6 cm³/mol. The Morgan fingerprint density at radius 1 is 1.13 bits per heavy atom. The smallest absolute Gasteiger partial charge is 0.253 e. The quantitative estimate of drug-likeness (QED) is 0.890. The van der Waals surface area contributed by atoms with Crippen LogP contribution in [0.25, 0.3) is 0 Å². The molecule has 0 heterocycles. The molecule has 2 aromatic rings. The Hall–Kier alpha value is -2.33. The fourth-order valence-corrected chi connectivity index (χ4v) is 2.39. The summed E-state index contributed by atoms with van der Waals surface area (Å²) in [5, 5.41) is 10.5. The maximum atomic E-state index is 12.6. The van der Waals surface area contributed by atoms with E-state index in [1.165, 1.54) is 0 Å². The summed E-state index contributed by atoms with van der Waals surface area (Å²) in [5.41, 5.74) is 1.37. The van der Waals surface area contributed by atoms with Gasteiger partial charge < -0.3 is 14.7 Å². The second-order valence-corrected chi connectivity index (χ2v) is 5.47. The van der Waals surface area contributed by atoms with Crippen LogP contribution in [0.3, 0.4) is 0 Å². The van der Waals surface area contributed by atoms with Gasteiger partial charge in [0.25, 0.3) is 5.91 Å². The maximum absolute atomic E-state index is 12.6. The molecule has 23 heavy (non-hydrogen) atoms. The van der Waals surface area contributed by atoms with E-state index in [0.29, 0.717) is 12.2 Å². The van der Waals surface area contributed by atoms with E-state index in [9.17, 15) is 9.90 Å². The van der Waals surface area contributed by atoms with E-state index in [4.69, 9.17) is 4.74 Å². The molecule has 0 aliphatic carbocycles. The third-order valence-corrected chi connectivity index (χ3v) is 3.94. The molecule has 0 aromatic heterocycles. The number of benzene rings is 2. The van der Waals surface area contributed by atoms with E-state index < -0.39 is 6.10 Å². The molecule has 1 amide bonds. The standard InChI is InChI=1S/C19H23NO3/c1-4-23-17-12-10-16(11-13-17)19(22)20(3)14(2)18(21)15-8-6-5-7-9-15/h5-14,18,21H,4H2,1-3H3. The Bertz CT molecular complexity index is 625. The first kappa shape index (κ1) is 17.0. The third-order valence-electron chi connectivity index (χ3n) is 3.94. The number of rotatable bonds is 6. The molecular weight excluding hydrogens is 290 g/mol. The molecule has 4 nitrogen and oxygen atoms in total. The van der Waals surface area contributed by atoms with Crippen molar-refractivity contribution in [1.82, 2.24) is 4.90 Å². The Balaban J connectivity index is 2.09. The molecule has 2 aromatic carbocycles. The molecule has 0 spiro atoms. The average molecular weight is 313 g/mol. The molecule has 2 rings (SSSR count). The first-order chi connectivity index (χ1) is 11.0. The second kappa shape index (κ2) is 7.79. The summed E-state index contributed by atoms with van der Waals surface area (Å²) >= 11 is 0. The molecule has 122 valence electrons. The first-order valence-corrected chi connectivity index (χ1v) is 7.77. The number of hydrogen-bond donors (Lipinski definition) is 1. The summed E-state index contributed by atoms with van der Waals surface area (Å²) in [5.74, 6) is 0.611. The number of amides is 1. The number of aliphatic hydroxyl groups is 1. The number of ether oxygens (including phenoxy) is 1. The van der Waals surface area contributed by atoms with Crippen molar-refractivity contribution in [2.75, 3.05) is 13.7 Å². The normalized spacial score (nSPS) is 13.2. The average Bonchev–Trinajstić information content (AvgIpc) is 2.61. The Kier molecular flexibility index (Phi) is 5.77. The van der Waals surface area contributed by atoms with Crippen LogP contribution in [-0.4, -0.2) is 35.6 Å². The highest BCUT2D eigenvalue weighted by Crippen LogP contribution is 2.22. The lowest BCUT2D eigenvalue weighted by atomic mass is 10.0. The highest BCUT2D eigenvalue weighted by atomic mass is 16.5. The van der Waals surface area contributed by atoms with Crippen molar-refractivity contribution in [2.24, 2.45) is 0 Å². The minimum atomic E-state index is -0.729. The summed E-state index contributed by atoms with van der Waals surface area (Å²) in [4.78, 5) is 14.1. The molecule has 2 unspecified atom stereocenters. The highest BCUT2D eigenvalue weighted by molar-refractivity contribution is 5.94. The number of carbonyl (C=O) groups excluding carboxylic acids is 1. The summed E-state index contributed by atoms with van der Waals surface area (Å²) in [6, 6.07) is 16.1. The van der Waals surface area contributed by atoms with Crippen LogP contribution in [0.4, 0.5) is 0 Å². The zero-order valence-corrected chi connectivity index (χ0v) is 13.8. The van der Waals surface area contributed by atoms with Crippen molar-refractivity contribution in [2.45, 2.75) is 26.0 Å². The molecule has 0 aliphatic heterocycles. The van der Waals surface area contributed by atoms with Crippen LogP contribution in [0.1, 0.15) is 35.9 Å². The van der Waals surface area contributed by atoms with E-state index in [1.54, 1.807) is 36.2 Å². The van der Waals surface area contributed by atoms with Gasteiger partial charge in [0.2, 0.25) is 0 Å². The van der Waals surface area contributed by atoms with E-state index in [-0.39, 0.29) is 11.9 Å². The SMILES string of the molecule is CCOc1ccc(C(=O)N(C)C(C)C(O)c2ccccc2)cc1. The van der Waals surface area contributed by atoms with Gasteiger partial charge in [-0.3, -0.25) is 4.79 Å². The largest absolute Gasteiger partial charge is 0.494 e. The van der Waals surface area contributed by atoms with E-state index >= 15 is 0 Å². The van der Waals surface area contributed by atoms with E-state index in [2.05, 4.69) is 0 Å². The molecule has 1 N–H and O–H groups in total. The van der Waals surface area contributed by atoms with Gasteiger partial charge in [-0.15, -0.1) is 0 Å². The lowest BCUT2D eigenvalue weighted by molar-refractivity contribution is 0.0487. The van der Waals surface area contributed by atoms with Gasteiger partial charge in [0.1, 0.15) is 5.75 Å². The Morgan fingerprint density at radius 3 is 2.30 bits per heavy atom. The monoisotopic (exact) mass is 313 g/mol. The summed E-state index contributed by atoms with van der Waals surface area (Å²) in [6.07, 6.45) is -0.729. The highest BCUT2D eigenvalue weighted by Gasteiger charge is 2.24. The fraction of sp³-hybridized carbons (Fsp3) is 0.316. The fourth-order valence-electron chi connectivity index (χ4n) is 2.39. The molecule has 4 heteroatoms. The minimum Gasteiger partial charge on any atom is -0.494 e. The van der Waals surface area contributed by atoms with Crippen LogP contribution in [-0.2, 0) is 0 Å². The second-order valence-electron chi connectivity index (χ2n) is 5.47. The van der Waals surface area contributed by atoms with E-state index in [0.717, 1.165) is 11.3 Å². The van der Waals surface area contributed by atoms with Crippen LogP contribution >= 0.6 is 0 Å². The number of nitrogens with zero attached hydrogens (tertiary/aromatic N) is 1. The number of likely N-dealkylation sites (N-methyl/N-ethyl adjacent to an activating group) is 1. The zero-order valence-electron chi connectivity index (χ0n) is 13.8. The van der Waals surface area contributed by atoms with Crippen LogP contribution in [0.15, 0.2) is 54.6 Å².